The summed E-state index contributed by atoms with van der Waals surface area (Å²) in [4.78, 5) is 1.39. The Labute approximate surface area is 121 Å². The molecule has 1 aliphatic carbocycles. The van der Waals surface area contributed by atoms with Crippen LogP contribution in [0.5, 0.6) is 0 Å². The number of nitrogens with two attached hydrogens (primary N) is 1. The predicted octanol–water partition coefficient (Wildman–Crippen LogP) is 5.01. The maximum absolute atomic E-state index is 6.06. The minimum Gasteiger partial charge on any atom is -0.330 e. The van der Waals surface area contributed by atoms with Gasteiger partial charge in [0, 0.05) is 4.88 Å². The van der Waals surface area contributed by atoms with E-state index >= 15 is 0 Å². The molecule has 0 unspecified atom stereocenters. The summed E-state index contributed by atoms with van der Waals surface area (Å²) < 4.78 is 1.06. The Hall–Kier alpha value is 0.430. The summed E-state index contributed by atoms with van der Waals surface area (Å²) in [6, 6.07) is 2.10. The van der Waals surface area contributed by atoms with Crippen LogP contribution in [0.4, 0.5) is 0 Å². The van der Waals surface area contributed by atoms with Crippen LogP contribution < -0.4 is 5.73 Å². The highest BCUT2D eigenvalue weighted by atomic mass is 79.9. The van der Waals surface area contributed by atoms with Crippen LogP contribution in [0.1, 0.15) is 43.4 Å². The molecule has 1 fully saturated rings. The Bertz CT molecular complexity index is 352. The zero-order valence-electron chi connectivity index (χ0n) is 9.98. The lowest BCUT2D eigenvalue weighted by molar-refractivity contribution is 0.254. The summed E-state index contributed by atoms with van der Waals surface area (Å²) in [7, 11) is 0. The van der Waals surface area contributed by atoms with Gasteiger partial charge in [0.05, 0.1) is 8.81 Å². The number of thiophene rings is 1. The molecule has 2 N–H and O–H groups in total. The summed E-state index contributed by atoms with van der Waals surface area (Å²) in [6.07, 6.45) is 9.11. The minimum atomic E-state index is 0.525. The van der Waals surface area contributed by atoms with Gasteiger partial charge in [-0.3, -0.25) is 0 Å². The van der Waals surface area contributed by atoms with E-state index in [9.17, 15) is 0 Å². The lowest BCUT2D eigenvalue weighted by atomic mass is 9.78. The monoisotopic (exact) mass is 335 g/mol. The van der Waals surface area contributed by atoms with Gasteiger partial charge in [-0.05, 0) is 66.1 Å². The van der Waals surface area contributed by atoms with Crippen molar-refractivity contribution in [3.05, 3.63) is 19.8 Å². The average Bonchev–Trinajstić information content (AvgIpc) is 2.86. The first kappa shape index (κ1) is 13.9. The molecular weight excluding hydrogens is 318 g/mol. The molecule has 17 heavy (non-hydrogen) atoms. The molecule has 2 rings (SSSR count). The summed E-state index contributed by atoms with van der Waals surface area (Å²) in [6.45, 7) is 0.828. The van der Waals surface area contributed by atoms with Gasteiger partial charge < -0.3 is 5.73 Å². The maximum Gasteiger partial charge on any atom is 0.0887 e. The Morgan fingerprint density at radius 3 is 2.59 bits per heavy atom. The van der Waals surface area contributed by atoms with Gasteiger partial charge in [0.1, 0.15) is 0 Å². The maximum atomic E-state index is 6.06. The van der Waals surface area contributed by atoms with E-state index in [1.54, 1.807) is 11.3 Å². The van der Waals surface area contributed by atoms with E-state index in [2.05, 4.69) is 22.0 Å². The lowest BCUT2D eigenvalue weighted by Gasteiger charge is -2.28. The van der Waals surface area contributed by atoms with Gasteiger partial charge in [-0.2, -0.15) is 0 Å². The number of rotatable bonds is 5. The van der Waals surface area contributed by atoms with Gasteiger partial charge in [-0.15, -0.1) is 11.3 Å². The largest absolute Gasteiger partial charge is 0.330 e. The molecule has 0 aliphatic heterocycles. The Morgan fingerprint density at radius 1 is 1.35 bits per heavy atom. The second-order valence-electron chi connectivity index (χ2n) is 5.08. The van der Waals surface area contributed by atoms with Crippen LogP contribution in [-0.4, -0.2) is 6.54 Å². The molecule has 0 bridgehead atoms. The third-order valence-corrected chi connectivity index (χ3v) is 6.47. The van der Waals surface area contributed by atoms with Gasteiger partial charge >= 0.3 is 0 Å². The van der Waals surface area contributed by atoms with E-state index in [-0.39, 0.29) is 0 Å². The first-order chi connectivity index (χ1) is 8.15. The van der Waals surface area contributed by atoms with Gasteiger partial charge in [-0.25, -0.2) is 0 Å². The molecule has 96 valence electrons. The standard InChI is InChI=1S/C13H19BrClNS/c14-12-11(15)9-10(17-12)3-6-13(7-8-16)4-1-2-5-13/h9H,1-8,16H2. The van der Waals surface area contributed by atoms with Crippen molar-refractivity contribution in [2.24, 2.45) is 11.1 Å². The number of hydrogen-bond donors (Lipinski definition) is 1. The normalized spacial score (nSPS) is 18.8. The van der Waals surface area contributed by atoms with Crippen LogP contribution in [0.25, 0.3) is 0 Å². The highest BCUT2D eigenvalue weighted by molar-refractivity contribution is 9.11. The van der Waals surface area contributed by atoms with Crippen molar-refractivity contribution in [1.82, 2.24) is 0 Å². The van der Waals surface area contributed by atoms with Crippen LogP contribution in [0.15, 0.2) is 9.85 Å². The van der Waals surface area contributed by atoms with Crippen LogP contribution in [0.3, 0.4) is 0 Å². The van der Waals surface area contributed by atoms with Crippen molar-refractivity contribution in [3.8, 4) is 0 Å². The highest BCUT2D eigenvalue weighted by Gasteiger charge is 2.32. The molecule has 1 heterocycles. The number of hydrogen-bond acceptors (Lipinski definition) is 2. The van der Waals surface area contributed by atoms with E-state index < -0.39 is 0 Å². The number of halogens is 2. The molecule has 0 spiro atoms. The SMILES string of the molecule is NCCC1(CCc2cc(Cl)c(Br)s2)CCCC1. The second kappa shape index (κ2) is 6.05. The third kappa shape index (κ3) is 3.46. The highest BCUT2D eigenvalue weighted by Crippen LogP contribution is 2.45. The zero-order valence-corrected chi connectivity index (χ0v) is 13.1. The molecule has 0 atom stereocenters. The summed E-state index contributed by atoms with van der Waals surface area (Å²) >= 11 is 11.3. The average molecular weight is 337 g/mol. The smallest absolute Gasteiger partial charge is 0.0887 e. The van der Waals surface area contributed by atoms with Crippen molar-refractivity contribution < 1.29 is 0 Å². The van der Waals surface area contributed by atoms with Crippen molar-refractivity contribution in [3.63, 3.8) is 0 Å². The fourth-order valence-corrected chi connectivity index (χ4v) is 4.78. The van der Waals surface area contributed by atoms with Crippen molar-refractivity contribution in [2.75, 3.05) is 6.54 Å². The van der Waals surface area contributed by atoms with Crippen LogP contribution in [0, 0.1) is 5.41 Å². The first-order valence-electron chi connectivity index (χ1n) is 6.29. The van der Waals surface area contributed by atoms with Crippen molar-refractivity contribution >= 4 is 38.9 Å². The molecule has 0 radical (unpaired) electrons. The van der Waals surface area contributed by atoms with Crippen LogP contribution in [-0.2, 0) is 6.42 Å². The second-order valence-corrected chi connectivity index (χ2v) is 7.94. The summed E-state index contributed by atoms with van der Waals surface area (Å²) in [5.74, 6) is 0. The van der Waals surface area contributed by atoms with E-state index in [4.69, 9.17) is 17.3 Å². The molecule has 1 saturated carbocycles. The Balaban J connectivity index is 1.95. The third-order valence-electron chi connectivity index (χ3n) is 3.94. The molecule has 1 aromatic rings. The van der Waals surface area contributed by atoms with E-state index in [0.717, 1.165) is 21.8 Å². The molecular formula is C13H19BrClNS. The quantitative estimate of drug-likeness (QED) is 0.804. The summed E-state index contributed by atoms with van der Waals surface area (Å²) in [5.41, 5.74) is 6.29. The van der Waals surface area contributed by atoms with Gasteiger partial charge in [0.15, 0.2) is 0 Å². The lowest BCUT2D eigenvalue weighted by Crippen LogP contribution is -2.21. The zero-order chi connectivity index (χ0) is 12.3. The fraction of sp³-hybridized carbons (Fsp3) is 0.692. The van der Waals surface area contributed by atoms with Gasteiger partial charge in [0.2, 0.25) is 0 Å². The van der Waals surface area contributed by atoms with Crippen molar-refractivity contribution in [2.45, 2.75) is 44.9 Å². The Morgan fingerprint density at radius 2 is 2.06 bits per heavy atom. The van der Waals surface area contributed by atoms with Crippen LogP contribution in [0.2, 0.25) is 5.02 Å². The van der Waals surface area contributed by atoms with E-state index in [1.807, 2.05) is 0 Å². The minimum absolute atomic E-state index is 0.525. The van der Waals surface area contributed by atoms with E-state index in [0.29, 0.717) is 5.41 Å². The molecule has 0 aromatic carbocycles. The van der Waals surface area contributed by atoms with E-state index in [1.165, 1.54) is 43.4 Å². The molecule has 0 saturated heterocycles. The van der Waals surface area contributed by atoms with Crippen molar-refractivity contribution in [1.29, 1.82) is 0 Å². The topological polar surface area (TPSA) is 26.0 Å². The molecule has 1 aliphatic rings. The molecule has 0 amide bonds. The number of aryl methyl sites for hydroxylation is 1. The fourth-order valence-electron chi connectivity index (χ4n) is 2.96. The van der Waals surface area contributed by atoms with Gasteiger partial charge in [0.25, 0.3) is 0 Å². The Kier molecular flexibility index (Phi) is 4.93. The molecule has 1 nitrogen and oxygen atoms in total. The molecule has 4 heteroatoms. The summed E-state index contributed by atoms with van der Waals surface area (Å²) in [5, 5.41) is 0.851. The van der Waals surface area contributed by atoms with Crippen LogP contribution >= 0.6 is 38.9 Å². The first-order valence-corrected chi connectivity index (χ1v) is 8.28. The predicted molar refractivity (Wildman–Crippen MR) is 79.9 cm³/mol. The van der Waals surface area contributed by atoms with Gasteiger partial charge in [-0.1, -0.05) is 24.4 Å². The molecule has 1 aromatic heterocycles.